The zero-order chi connectivity index (χ0) is 31.0. The summed E-state index contributed by atoms with van der Waals surface area (Å²) in [5.74, 6) is -0.778. The van der Waals surface area contributed by atoms with Gasteiger partial charge in [-0.25, -0.2) is 8.42 Å². The van der Waals surface area contributed by atoms with Gasteiger partial charge in [-0.1, -0.05) is 91.0 Å². The van der Waals surface area contributed by atoms with Gasteiger partial charge in [0, 0.05) is 19.0 Å². The zero-order valence-corrected chi connectivity index (χ0v) is 25.9. The number of rotatable bonds is 12. The van der Waals surface area contributed by atoms with Gasteiger partial charge in [0.1, 0.15) is 12.6 Å². The van der Waals surface area contributed by atoms with Gasteiger partial charge in [-0.05, 0) is 68.1 Å². The third kappa shape index (κ3) is 7.90. The van der Waals surface area contributed by atoms with E-state index in [1.807, 2.05) is 94.4 Å². The standard InChI is InChI=1S/C35H39N3O4S/c1-26(2)36-35(40)33(23-29-17-7-5-8-18-29)37(24-30-19-13-11-15-27(30)3)34(39)25-38(32-22-14-12-16-28(32)4)43(41,42)31-20-9-6-10-21-31/h5-22,26,33H,23-25H2,1-4H3,(H,36,40)/t33-/m0/s1. The average molecular weight is 598 g/mol. The van der Waals surface area contributed by atoms with Gasteiger partial charge in [-0.15, -0.1) is 0 Å². The molecule has 43 heavy (non-hydrogen) atoms. The summed E-state index contributed by atoms with van der Waals surface area (Å²) < 4.78 is 29.3. The van der Waals surface area contributed by atoms with E-state index in [9.17, 15) is 18.0 Å². The average Bonchev–Trinajstić information content (AvgIpc) is 2.99. The van der Waals surface area contributed by atoms with Crippen LogP contribution in [0.2, 0.25) is 0 Å². The molecule has 224 valence electrons. The van der Waals surface area contributed by atoms with E-state index in [0.717, 1.165) is 21.0 Å². The summed E-state index contributed by atoms with van der Waals surface area (Å²) >= 11 is 0. The van der Waals surface area contributed by atoms with E-state index in [2.05, 4.69) is 5.32 Å². The summed E-state index contributed by atoms with van der Waals surface area (Å²) in [4.78, 5) is 29.9. The maximum absolute atomic E-state index is 14.5. The Morgan fingerprint density at radius 1 is 0.744 bits per heavy atom. The first-order valence-electron chi connectivity index (χ1n) is 14.4. The minimum atomic E-state index is -4.12. The molecule has 8 heteroatoms. The SMILES string of the molecule is Cc1ccccc1CN(C(=O)CN(c1ccccc1C)S(=O)(=O)c1ccccc1)[C@@H](Cc1ccccc1)C(=O)NC(C)C. The molecule has 1 N–H and O–H groups in total. The molecular formula is C35H39N3O4S. The van der Waals surface area contributed by atoms with E-state index < -0.39 is 28.5 Å². The lowest BCUT2D eigenvalue weighted by molar-refractivity contribution is -0.140. The first kappa shape index (κ1) is 31.5. The lowest BCUT2D eigenvalue weighted by Gasteiger charge is -2.34. The molecule has 1 atom stereocenters. The minimum absolute atomic E-state index is 0.0786. The molecule has 0 aliphatic heterocycles. The number of carbonyl (C=O) groups excluding carboxylic acids is 2. The second kappa shape index (κ2) is 14.2. The minimum Gasteiger partial charge on any atom is -0.352 e. The number of aryl methyl sites for hydroxylation is 2. The molecule has 0 aliphatic rings. The van der Waals surface area contributed by atoms with E-state index in [0.29, 0.717) is 11.3 Å². The lowest BCUT2D eigenvalue weighted by Crippen LogP contribution is -2.54. The van der Waals surface area contributed by atoms with Crippen LogP contribution in [0.5, 0.6) is 0 Å². The Labute approximate surface area is 255 Å². The van der Waals surface area contributed by atoms with Crippen molar-refractivity contribution in [2.24, 2.45) is 0 Å². The number of anilines is 1. The van der Waals surface area contributed by atoms with Crippen LogP contribution in [0.4, 0.5) is 5.69 Å². The fourth-order valence-electron chi connectivity index (χ4n) is 4.98. The number of carbonyl (C=O) groups is 2. The summed E-state index contributed by atoms with van der Waals surface area (Å²) in [6, 6.07) is 31.4. The molecule has 4 rings (SSSR count). The van der Waals surface area contributed by atoms with Crippen LogP contribution in [-0.2, 0) is 32.6 Å². The van der Waals surface area contributed by atoms with Crippen molar-refractivity contribution < 1.29 is 18.0 Å². The van der Waals surface area contributed by atoms with Crippen LogP contribution in [0.3, 0.4) is 0 Å². The van der Waals surface area contributed by atoms with Crippen LogP contribution in [0.15, 0.2) is 114 Å². The van der Waals surface area contributed by atoms with Crippen LogP contribution in [0.25, 0.3) is 0 Å². The topological polar surface area (TPSA) is 86.8 Å². The van der Waals surface area contributed by atoms with Gasteiger partial charge in [-0.2, -0.15) is 0 Å². The molecule has 0 heterocycles. The first-order valence-corrected chi connectivity index (χ1v) is 15.8. The zero-order valence-electron chi connectivity index (χ0n) is 25.1. The van der Waals surface area contributed by atoms with E-state index in [1.165, 1.54) is 17.0 Å². The predicted molar refractivity (Wildman–Crippen MR) is 171 cm³/mol. The molecule has 0 bridgehead atoms. The fourth-order valence-corrected chi connectivity index (χ4v) is 6.48. The molecule has 0 aromatic heterocycles. The summed E-state index contributed by atoms with van der Waals surface area (Å²) in [5.41, 5.74) is 3.84. The molecule has 0 saturated heterocycles. The van der Waals surface area contributed by atoms with Crippen molar-refractivity contribution in [3.05, 3.63) is 131 Å². The molecular weight excluding hydrogens is 558 g/mol. The molecule has 0 unspecified atom stereocenters. The number of nitrogens with one attached hydrogen (secondary N) is 1. The van der Waals surface area contributed by atoms with Gasteiger partial charge >= 0.3 is 0 Å². The second-order valence-corrected chi connectivity index (χ2v) is 12.8. The van der Waals surface area contributed by atoms with Crippen LogP contribution in [-0.4, -0.2) is 43.8 Å². The van der Waals surface area contributed by atoms with Gasteiger partial charge in [0.15, 0.2) is 0 Å². The summed E-state index contributed by atoms with van der Waals surface area (Å²) in [6.07, 6.45) is 0.271. The lowest BCUT2D eigenvalue weighted by atomic mass is 10.0. The fraction of sp³-hybridized carbons (Fsp3) is 0.257. The molecule has 0 saturated carbocycles. The van der Waals surface area contributed by atoms with Gasteiger partial charge in [0.05, 0.1) is 10.6 Å². The smallest absolute Gasteiger partial charge is 0.264 e. The Morgan fingerprint density at radius 3 is 1.91 bits per heavy atom. The highest BCUT2D eigenvalue weighted by atomic mass is 32.2. The third-order valence-corrected chi connectivity index (χ3v) is 9.07. The van der Waals surface area contributed by atoms with Crippen molar-refractivity contribution in [1.82, 2.24) is 10.2 Å². The molecule has 7 nitrogen and oxygen atoms in total. The van der Waals surface area contributed by atoms with Crippen LogP contribution < -0.4 is 9.62 Å². The first-order chi connectivity index (χ1) is 20.6. The highest BCUT2D eigenvalue weighted by Crippen LogP contribution is 2.28. The Kier molecular flexibility index (Phi) is 10.4. The van der Waals surface area contributed by atoms with Gasteiger partial charge < -0.3 is 10.2 Å². The normalized spacial score (nSPS) is 12.0. The van der Waals surface area contributed by atoms with Gasteiger partial charge in [0.2, 0.25) is 11.8 Å². The number of hydrogen-bond acceptors (Lipinski definition) is 4. The highest BCUT2D eigenvalue weighted by Gasteiger charge is 2.35. The van der Waals surface area contributed by atoms with Gasteiger partial charge in [-0.3, -0.25) is 13.9 Å². The van der Waals surface area contributed by atoms with Crippen molar-refractivity contribution in [2.75, 3.05) is 10.8 Å². The molecule has 4 aromatic rings. The van der Waals surface area contributed by atoms with Crippen LogP contribution in [0, 0.1) is 13.8 Å². The van der Waals surface area contributed by atoms with E-state index >= 15 is 0 Å². The van der Waals surface area contributed by atoms with Crippen molar-refractivity contribution >= 4 is 27.5 Å². The van der Waals surface area contributed by atoms with Gasteiger partial charge in [0.25, 0.3) is 10.0 Å². The van der Waals surface area contributed by atoms with Crippen molar-refractivity contribution in [3.8, 4) is 0 Å². The number of benzene rings is 4. The molecule has 0 aliphatic carbocycles. The summed E-state index contributed by atoms with van der Waals surface area (Å²) in [7, 11) is -4.12. The van der Waals surface area contributed by atoms with E-state index in [-0.39, 0.29) is 29.8 Å². The number of nitrogens with zero attached hydrogens (tertiary/aromatic N) is 2. The largest absolute Gasteiger partial charge is 0.352 e. The molecule has 2 amide bonds. The monoisotopic (exact) mass is 597 g/mol. The Morgan fingerprint density at radius 2 is 1.30 bits per heavy atom. The summed E-state index contributed by atoms with van der Waals surface area (Å²) in [6.45, 7) is 7.18. The number of para-hydroxylation sites is 1. The van der Waals surface area contributed by atoms with Crippen molar-refractivity contribution in [2.45, 2.75) is 57.6 Å². The second-order valence-electron chi connectivity index (χ2n) is 10.9. The van der Waals surface area contributed by atoms with Crippen molar-refractivity contribution in [3.63, 3.8) is 0 Å². The Hall–Kier alpha value is -4.43. The maximum atomic E-state index is 14.5. The molecule has 0 fully saturated rings. The Balaban J connectivity index is 1.82. The number of amides is 2. The summed E-state index contributed by atoms with van der Waals surface area (Å²) in [5, 5.41) is 2.98. The van der Waals surface area contributed by atoms with Crippen molar-refractivity contribution in [1.29, 1.82) is 0 Å². The highest BCUT2D eigenvalue weighted by molar-refractivity contribution is 7.92. The molecule has 4 aromatic carbocycles. The van der Waals surface area contributed by atoms with E-state index in [4.69, 9.17) is 0 Å². The van der Waals surface area contributed by atoms with Crippen LogP contribution >= 0.6 is 0 Å². The third-order valence-electron chi connectivity index (χ3n) is 7.30. The Bertz CT molecular complexity index is 1640. The quantitative estimate of drug-likeness (QED) is 0.228. The van der Waals surface area contributed by atoms with E-state index in [1.54, 1.807) is 30.3 Å². The molecule has 0 spiro atoms. The molecule has 0 radical (unpaired) electrons. The predicted octanol–water partition coefficient (Wildman–Crippen LogP) is 5.66. The maximum Gasteiger partial charge on any atom is 0.264 e. The number of sulfonamides is 1. The van der Waals surface area contributed by atoms with Crippen LogP contribution in [0.1, 0.15) is 36.1 Å². The number of hydrogen-bond donors (Lipinski definition) is 1.